The van der Waals surface area contributed by atoms with E-state index in [9.17, 15) is 4.79 Å². The molecule has 0 heterocycles. The second kappa shape index (κ2) is 9.34. The molecule has 1 atom stereocenters. The number of hydrogen-bond acceptors (Lipinski definition) is 2. The zero-order valence-electron chi connectivity index (χ0n) is 11.3. The van der Waals surface area contributed by atoms with E-state index in [0.29, 0.717) is 0 Å². The normalized spacial score (nSPS) is 12.8. The van der Waals surface area contributed by atoms with Gasteiger partial charge in [0.25, 0.3) is 0 Å². The topological polar surface area (TPSA) is 46.3 Å². The van der Waals surface area contributed by atoms with E-state index in [1.54, 1.807) is 0 Å². The maximum atomic E-state index is 11.6. The standard InChI is InChI=1S/C6H13N2O.2C3H7.In/c1-8(2)5-3-4-6(7)9;2*1-3-2;/h4H,3,5H2,1-2H3,(H2,7,9);2*1,3H2,2H3;. The summed E-state index contributed by atoms with van der Waals surface area (Å²) in [6, 6.07) is 0. The van der Waals surface area contributed by atoms with Gasteiger partial charge < -0.3 is 0 Å². The maximum absolute atomic E-state index is 11.6. The molecule has 0 saturated carbocycles. The quantitative estimate of drug-likeness (QED) is 0.704. The predicted molar refractivity (Wildman–Crippen MR) is 72.1 cm³/mol. The van der Waals surface area contributed by atoms with Crippen molar-refractivity contribution in [1.29, 1.82) is 0 Å². The molecular formula is C12H27InN2O. The number of amides is 1. The molecule has 0 saturated heterocycles. The summed E-state index contributed by atoms with van der Waals surface area (Å²) < 4.78 is 2.93. The molecule has 0 aromatic carbocycles. The van der Waals surface area contributed by atoms with E-state index in [4.69, 9.17) is 5.73 Å². The predicted octanol–water partition coefficient (Wildman–Crippen LogP) is 2.11. The molecule has 0 aliphatic rings. The van der Waals surface area contributed by atoms with Gasteiger partial charge >= 0.3 is 109 Å². The molecule has 0 bridgehead atoms. The van der Waals surface area contributed by atoms with Crippen molar-refractivity contribution in [3.05, 3.63) is 0 Å². The average molecular weight is 330 g/mol. The van der Waals surface area contributed by atoms with Crippen molar-refractivity contribution in [3.63, 3.8) is 0 Å². The van der Waals surface area contributed by atoms with Gasteiger partial charge in [0.15, 0.2) is 0 Å². The molecule has 0 aromatic heterocycles. The van der Waals surface area contributed by atoms with E-state index in [1.165, 1.54) is 21.2 Å². The zero-order chi connectivity index (χ0) is 12.6. The van der Waals surface area contributed by atoms with E-state index >= 15 is 0 Å². The Hall–Kier alpha value is 0.300. The fourth-order valence-electron chi connectivity index (χ4n) is 2.30. The molecule has 4 heteroatoms. The van der Waals surface area contributed by atoms with E-state index in [0.717, 1.165) is 13.0 Å². The van der Waals surface area contributed by atoms with Crippen LogP contribution in [0.15, 0.2) is 0 Å². The van der Waals surface area contributed by atoms with Crippen molar-refractivity contribution in [2.45, 2.75) is 45.1 Å². The number of carbonyl (C=O) groups is 1. The van der Waals surface area contributed by atoms with Gasteiger partial charge in [0.2, 0.25) is 0 Å². The Kier molecular flexibility index (Phi) is 9.52. The first-order valence-corrected chi connectivity index (χ1v) is 13.0. The van der Waals surface area contributed by atoms with E-state index in [-0.39, 0.29) is 9.58 Å². The van der Waals surface area contributed by atoms with E-state index < -0.39 is 21.4 Å². The SMILES string of the molecule is CC[CH2][In]([CH2]CC)[CH](CCN(C)C)C(N)=O. The van der Waals surface area contributed by atoms with Crippen molar-refractivity contribution < 1.29 is 4.79 Å². The van der Waals surface area contributed by atoms with Crippen LogP contribution in [-0.4, -0.2) is 52.9 Å². The van der Waals surface area contributed by atoms with Crippen LogP contribution in [0.25, 0.3) is 0 Å². The van der Waals surface area contributed by atoms with Crippen LogP contribution in [0.3, 0.4) is 0 Å². The van der Waals surface area contributed by atoms with Crippen molar-refractivity contribution >= 4 is 27.3 Å². The molecule has 1 amide bonds. The first-order valence-electron chi connectivity index (χ1n) is 6.46. The minimum absolute atomic E-state index is 0.0236. The Morgan fingerprint density at radius 1 is 1.25 bits per heavy atom. The molecule has 0 fully saturated rings. The summed E-state index contributed by atoms with van der Waals surface area (Å²) in [6.45, 7) is 5.45. The summed E-state index contributed by atoms with van der Waals surface area (Å²) >= 11 is -1.71. The van der Waals surface area contributed by atoms with Gasteiger partial charge in [-0.2, -0.15) is 0 Å². The molecule has 2 N–H and O–H groups in total. The second-order valence-corrected chi connectivity index (χ2v) is 14.9. The zero-order valence-corrected chi connectivity index (χ0v) is 14.6. The summed E-state index contributed by atoms with van der Waals surface area (Å²) in [5.74, 6) is -0.0236. The third-order valence-corrected chi connectivity index (χ3v) is 15.8. The molecule has 0 aromatic rings. The van der Waals surface area contributed by atoms with Gasteiger partial charge in [-0.05, 0) is 0 Å². The summed E-state index contributed by atoms with van der Waals surface area (Å²) in [5.41, 5.74) is 5.58. The Balaban J connectivity index is 4.38. The third-order valence-electron chi connectivity index (χ3n) is 3.14. The van der Waals surface area contributed by atoms with Gasteiger partial charge in [0.05, 0.1) is 0 Å². The molecule has 0 rings (SSSR count). The van der Waals surface area contributed by atoms with Crippen LogP contribution in [0.1, 0.15) is 33.1 Å². The Bertz CT molecular complexity index is 191. The molecular weight excluding hydrogens is 303 g/mol. The van der Waals surface area contributed by atoms with E-state index in [1.807, 2.05) is 0 Å². The molecule has 16 heavy (non-hydrogen) atoms. The second-order valence-electron chi connectivity index (χ2n) is 4.94. The fraction of sp³-hybridized carbons (Fsp3) is 0.917. The van der Waals surface area contributed by atoms with Crippen LogP contribution in [0, 0.1) is 0 Å². The van der Waals surface area contributed by atoms with Gasteiger partial charge in [-0.25, -0.2) is 0 Å². The van der Waals surface area contributed by atoms with Crippen LogP contribution in [0.4, 0.5) is 0 Å². The number of carbonyl (C=O) groups excluding carboxylic acids is 1. The van der Waals surface area contributed by atoms with Crippen LogP contribution >= 0.6 is 0 Å². The molecule has 0 spiro atoms. The van der Waals surface area contributed by atoms with Gasteiger partial charge in [-0.15, -0.1) is 0 Å². The van der Waals surface area contributed by atoms with Gasteiger partial charge in [0, 0.05) is 0 Å². The molecule has 0 radical (unpaired) electrons. The van der Waals surface area contributed by atoms with Crippen molar-refractivity contribution in [1.82, 2.24) is 4.90 Å². The third kappa shape index (κ3) is 6.79. The Morgan fingerprint density at radius 2 is 1.75 bits per heavy atom. The summed E-state index contributed by atoms with van der Waals surface area (Å²) in [5, 5.41) is 0. The number of nitrogens with two attached hydrogens (primary N) is 1. The first kappa shape index (κ1) is 16.3. The number of nitrogens with zero attached hydrogens (tertiary/aromatic N) is 1. The monoisotopic (exact) mass is 330 g/mol. The molecule has 3 nitrogen and oxygen atoms in total. The van der Waals surface area contributed by atoms with Gasteiger partial charge in [-0.3, -0.25) is 0 Å². The van der Waals surface area contributed by atoms with Crippen LogP contribution < -0.4 is 5.73 Å². The Morgan fingerprint density at radius 3 is 2.06 bits per heavy atom. The number of hydrogen-bond donors (Lipinski definition) is 1. The minimum atomic E-state index is -1.71. The molecule has 0 aliphatic heterocycles. The Labute approximate surface area is 108 Å². The van der Waals surface area contributed by atoms with Gasteiger partial charge in [0.1, 0.15) is 0 Å². The van der Waals surface area contributed by atoms with Crippen molar-refractivity contribution in [3.8, 4) is 0 Å². The fourth-order valence-corrected chi connectivity index (χ4v) is 12.7. The molecule has 0 aliphatic carbocycles. The average Bonchev–Trinajstić information content (AvgIpc) is 2.17. The molecule has 1 unspecified atom stereocenters. The molecule has 94 valence electrons. The van der Waals surface area contributed by atoms with Crippen molar-refractivity contribution in [2.75, 3.05) is 20.6 Å². The van der Waals surface area contributed by atoms with E-state index in [2.05, 4.69) is 32.8 Å². The summed E-state index contributed by atoms with van der Waals surface area (Å²) in [6.07, 6.45) is 3.45. The van der Waals surface area contributed by atoms with Crippen molar-refractivity contribution in [2.24, 2.45) is 5.73 Å². The first-order chi connectivity index (χ1) is 7.52. The number of primary amides is 1. The summed E-state index contributed by atoms with van der Waals surface area (Å²) in [4.78, 5) is 13.7. The number of rotatable bonds is 9. The van der Waals surface area contributed by atoms with Crippen LogP contribution in [0.2, 0.25) is 12.0 Å². The van der Waals surface area contributed by atoms with Gasteiger partial charge in [-0.1, -0.05) is 0 Å². The van der Waals surface area contributed by atoms with Crippen LogP contribution in [-0.2, 0) is 4.79 Å². The summed E-state index contributed by atoms with van der Waals surface area (Å²) in [7, 11) is 4.12. The van der Waals surface area contributed by atoms with Crippen LogP contribution in [0.5, 0.6) is 0 Å².